The second kappa shape index (κ2) is 5.66. The lowest BCUT2D eigenvalue weighted by molar-refractivity contribution is 0.101. The summed E-state index contributed by atoms with van der Waals surface area (Å²) < 4.78 is 0. The Balaban J connectivity index is 1.83. The lowest BCUT2D eigenvalue weighted by atomic mass is 10.1. The fourth-order valence-corrected chi connectivity index (χ4v) is 2.46. The number of anilines is 1. The first kappa shape index (κ1) is 14.4. The number of halogens is 1. The van der Waals surface area contributed by atoms with Crippen molar-refractivity contribution in [3.8, 4) is 0 Å². The molecule has 1 heterocycles. The number of amides is 1. The lowest BCUT2D eigenvalue weighted by Gasteiger charge is -2.04. The van der Waals surface area contributed by atoms with Gasteiger partial charge in [-0.1, -0.05) is 23.7 Å². The maximum absolute atomic E-state index is 12.3. The third kappa shape index (κ3) is 2.73. The Labute approximate surface area is 132 Å². The van der Waals surface area contributed by atoms with E-state index in [1.807, 2.05) is 12.1 Å². The molecule has 22 heavy (non-hydrogen) atoms. The molecule has 3 rings (SSSR count). The minimum absolute atomic E-state index is 0.0110. The predicted octanol–water partition coefficient (Wildman–Crippen LogP) is 4.28. The highest BCUT2D eigenvalue weighted by molar-refractivity contribution is 6.35. The highest BCUT2D eigenvalue weighted by Gasteiger charge is 2.11. The summed E-state index contributed by atoms with van der Waals surface area (Å²) in [6.07, 6.45) is 0. The first-order chi connectivity index (χ1) is 10.5. The van der Waals surface area contributed by atoms with E-state index in [0.29, 0.717) is 22.0 Å². The number of aromatic nitrogens is 1. The van der Waals surface area contributed by atoms with Crippen LogP contribution in [0.2, 0.25) is 5.02 Å². The summed E-state index contributed by atoms with van der Waals surface area (Å²) in [5.74, 6) is -0.272. The van der Waals surface area contributed by atoms with Gasteiger partial charge in [-0.25, -0.2) is 0 Å². The van der Waals surface area contributed by atoms with E-state index in [0.717, 1.165) is 10.9 Å². The monoisotopic (exact) mass is 312 g/mol. The zero-order chi connectivity index (χ0) is 15.7. The number of aromatic amines is 1. The number of rotatable bonds is 3. The SMILES string of the molecule is CC(=O)c1ccc(NC(=O)c2cc3cccc(Cl)c3[nH]2)cc1. The van der Waals surface area contributed by atoms with Crippen molar-refractivity contribution in [1.29, 1.82) is 0 Å². The van der Waals surface area contributed by atoms with Gasteiger partial charge >= 0.3 is 0 Å². The Kier molecular flexibility index (Phi) is 3.69. The summed E-state index contributed by atoms with van der Waals surface area (Å²) in [6, 6.07) is 14.0. The number of ketones is 1. The molecule has 1 amide bonds. The molecule has 0 aliphatic heterocycles. The number of benzene rings is 2. The number of Topliss-reactive ketones (excluding diaryl/α,β-unsaturated/α-hetero) is 1. The average molecular weight is 313 g/mol. The number of carbonyl (C=O) groups is 2. The number of nitrogens with one attached hydrogen (secondary N) is 2. The summed E-state index contributed by atoms with van der Waals surface area (Å²) in [5.41, 5.74) is 2.40. The average Bonchev–Trinajstić information content (AvgIpc) is 2.93. The van der Waals surface area contributed by atoms with Gasteiger partial charge in [0.25, 0.3) is 5.91 Å². The van der Waals surface area contributed by atoms with Gasteiger partial charge in [0, 0.05) is 16.6 Å². The van der Waals surface area contributed by atoms with Crippen molar-refractivity contribution < 1.29 is 9.59 Å². The van der Waals surface area contributed by atoms with Crippen LogP contribution in [0.15, 0.2) is 48.5 Å². The van der Waals surface area contributed by atoms with E-state index in [4.69, 9.17) is 11.6 Å². The molecule has 0 saturated carbocycles. The zero-order valence-corrected chi connectivity index (χ0v) is 12.6. The van der Waals surface area contributed by atoms with Crippen LogP contribution < -0.4 is 5.32 Å². The van der Waals surface area contributed by atoms with Crippen LogP contribution in [0.1, 0.15) is 27.8 Å². The molecule has 0 saturated heterocycles. The smallest absolute Gasteiger partial charge is 0.272 e. The summed E-state index contributed by atoms with van der Waals surface area (Å²) in [4.78, 5) is 26.5. The number of hydrogen-bond acceptors (Lipinski definition) is 2. The first-order valence-electron chi connectivity index (χ1n) is 6.74. The van der Waals surface area contributed by atoms with Gasteiger partial charge in [-0.3, -0.25) is 9.59 Å². The Hall–Kier alpha value is -2.59. The number of hydrogen-bond donors (Lipinski definition) is 2. The van der Waals surface area contributed by atoms with Gasteiger partial charge in [0.05, 0.1) is 10.5 Å². The lowest BCUT2D eigenvalue weighted by Crippen LogP contribution is -2.12. The zero-order valence-electron chi connectivity index (χ0n) is 11.8. The van der Waals surface area contributed by atoms with Crippen molar-refractivity contribution in [1.82, 2.24) is 4.98 Å². The molecule has 4 nitrogen and oxygen atoms in total. The van der Waals surface area contributed by atoms with Crippen LogP contribution in [0.25, 0.3) is 10.9 Å². The Morgan fingerprint density at radius 2 is 1.82 bits per heavy atom. The van der Waals surface area contributed by atoms with Crippen molar-refractivity contribution in [3.63, 3.8) is 0 Å². The molecule has 0 spiro atoms. The number of fused-ring (bicyclic) bond motifs is 1. The van der Waals surface area contributed by atoms with E-state index < -0.39 is 0 Å². The molecular formula is C17H13ClN2O2. The van der Waals surface area contributed by atoms with Crippen LogP contribution >= 0.6 is 11.6 Å². The molecule has 0 fully saturated rings. The molecule has 0 bridgehead atoms. The van der Waals surface area contributed by atoms with Crippen LogP contribution in [-0.4, -0.2) is 16.7 Å². The second-order valence-electron chi connectivity index (χ2n) is 4.97. The molecule has 0 unspecified atom stereocenters. The highest BCUT2D eigenvalue weighted by atomic mass is 35.5. The third-order valence-corrected chi connectivity index (χ3v) is 3.71. The van der Waals surface area contributed by atoms with E-state index in [1.54, 1.807) is 36.4 Å². The molecule has 2 N–H and O–H groups in total. The molecule has 5 heteroatoms. The molecule has 110 valence electrons. The number of H-pyrrole nitrogens is 1. The minimum Gasteiger partial charge on any atom is -0.349 e. The first-order valence-corrected chi connectivity index (χ1v) is 7.12. The highest BCUT2D eigenvalue weighted by Crippen LogP contribution is 2.23. The molecule has 1 aromatic heterocycles. The Morgan fingerprint density at radius 1 is 1.09 bits per heavy atom. The van der Waals surface area contributed by atoms with Crippen molar-refractivity contribution in [2.24, 2.45) is 0 Å². The summed E-state index contributed by atoms with van der Waals surface area (Å²) in [5, 5.41) is 4.23. The summed E-state index contributed by atoms with van der Waals surface area (Å²) >= 11 is 6.09. The van der Waals surface area contributed by atoms with Gasteiger partial charge in [0.2, 0.25) is 0 Å². The maximum atomic E-state index is 12.3. The van der Waals surface area contributed by atoms with Crippen molar-refractivity contribution >= 4 is 39.9 Å². The predicted molar refractivity (Wildman–Crippen MR) is 87.7 cm³/mol. The van der Waals surface area contributed by atoms with Crippen molar-refractivity contribution in [3.05, 3.63) is 64.8 Å². The topological polar surface area (TPSA) is 62.0 Å². The molecular weight excluding hydrogens is 300 g/mol. The fourth-order valence-electron chi connectivity index (χ4n) is 2.23. The van der Waals surface area contributed by atoms with Crippen molar-refractivity contribution in [2.45, 2.75) is 6.92 Å². The van der Waals surface area contributed by atoms with E-state index >= 15 is 0 Å². The van der Waals surface area contributed by atoms with Crippen LogP contribution in [0, 0.1) is 0 Å². The normalized spacial score (nSPS) is 10.6. The van der Waals surface area contributed by atoms with Crippen LogP contribution in [0.3, 0.4) is 0 Å². The summed E-state index contributed by atoms with van der Waals surface area (Å²) in [7, 11) is 0. The third-order valence-electron chi connectivity index (χ3n) is 3.40. The largest absolute Gasteiger partial charge is 0.349 e. The molecule has 0 aliphatic rings. The molecule has 0 atom stereocenters. The van der Waals surface area contributed by atoms with Gasteiger partial charge in [-0.15, -0.1) is 0 Å². The molecule has 0 aliphatic carbocycles. The van der Waals surface area contributed by atoms with E-state index in [9.17, 15) is 9.59 Å². The minimum atomic E-state index is -0.261. The van der Waals surface area contributed by atoms with Gasteiger partial charge in [-0.2, -0.15) is 0 Å². The van der Waals surface area contributed by atoms with E-state index in [-0.39, 0.29) is 11.7 Å². The standard InChI is InChI=1S/C17H13ClN2O2/c1-10(21)11-5-7-13(8-6-11)19-17(22)15-9-12-3-2-4-14(18)16(12)20-15/h2-9,20H,1H3,(H,19,22). The van der Waals surface area contributed by atoms with Crippen molar-refractivity contribution in [2.75, 3.05) is 5.32 Å². The van der Waals surface area contributed by atoms with Gasteiger partial charge in [-0.05, 0) is 43.3 Å². The molecule has 3 aromatic rings. The van der Waals surface area contributed by atoms with Gasteiger partial charge in [0.1, 0.15) is 5.69 Å². The van der Waals surface area contributed by atoms with Gasteiger partial charge in [0.15, 0.2) is 5.78 Å². The quantitative estimate of drug-likeness (QED) is 0.709. The molecule has 0 radical (unpaired) electrons. The van der Waals surface area contributed by atoms with Gasteiger partial charge < -0.3 is 10.3 Å². The number of carbonyl (C=O) groups excluding carboxylic acids is 2. The van der Waals surface area contributed by atoms with Crippen LogP contribution in [0.4, 0.5) is 5.69 Å². The van der Waals surface area contributed by atoms with Crippen LogP contribution in [0.5, 0.6) is 0 Å². The summed E-state index contributed by atoms with van der Waals surface area (Å²) in [6.45, 7) is 1.50. The van der Waals surface area contributed by atoms with E-state index in [1.165, 1.54) is 6.92 Å². The Morgan fingerprint density at radius 3 is 2.45 bits per heavy atom. The number of para-hydroxylation sites is 1. The molecule has 2 aromatic carbocycles. The van der Waals surface area contributed by atoms with E-state index in [2.05, 4.69) is 10.3 Å². The Bertz CT molecular complexity index is 866. The maximum Gasteiger partial charge on any atom is 0.272 e. The fraction of sp³-hybridized carbons (Fsp3) is 0.0588. The second-order valence-corrected chi connectivity index (χ2v) is 5.38. The van der Waals surface area contributed by atoms with Crippen LogP contribution in [-0.2, 0) is 0 Å².